The van der Waals surface area contributed by atoms with Gasteiger partial charge >= 0.3 is 0 Å². The van der Waals surface area contributed by atoms with Gasteiger partial charge in [0.2, 0.25) is 0 Å². The van der Waals surface area contributed by atoms with E-state index in [0.29, 0.717) is 0 Å². The van der Waals surface area contributed by atoms with Crippen LogP contribution in [0.25, 0.3) is 87.2 Å². The van der Waals surface area contributed by atoms with Crippen LogP contribution in [0.15, 0.2) is 146 Å². The fourth-order valence-electron chi connectivity index (χ4n) is 8.43. The molecule has 9 aromatic rings. The van der Waals surface area contributed by atoms with Crippen molar-refractivity contribution in [2.75, 3.05) is 0 Å². The highest BCUT2D eigenvalue weighted by Gasteiger charge is 2.39. The lowest BCUT2D eigenvalue weighted by molar-refractivity contribution is 0.663. The summed E-state index contributed by atoms with van der Waals surface area (Å²) in [5.41, 5.74) is 10.6. The van der Waals surface area contributed by atoms with E-state index in [2.05, 4.69) is 159 Å². The topological polar surface area (TPSA) is 0 Å². The molecule has 0 heteroatoms. The van der Waals surface area contributed by atoms with Crippen LogP contribution < -0.4 is 0 Å². The normalized spacial score (nSPS) is 13.7. The van der Waals surface area contributed by atoms with Gasteiger partial charge in [0, 0.05) is 5.41 Å². The van der Waals surface area contributed by atoms with Gasteiger partial charge in [0.15, 0.2) is 0 Å². The monoisotopic (exact) mass is 570 g/mol. The molecule has 0 amide bonds. The molecule has 1 aliphatic rings. The molecule has 0 heterocycles. The van der Waals surface area contributed by atoms with E-state index < -0.39 is 0 Å². The minimum Gasteiger partial charge on any atom is -0.0616 e. The van der Waals surface area contributed by atoms with E-state index in [-0.39, 0.29) is 5.41 Å². The van der Waals surface area contributed by atoms with Crippen molar-refractivity contribution in [1.82, 2.24) is 0 Å². The second kappa shape index (κ2) is 8.80. The van der Waals surface area contributed by atoms with E-state index >= 15 is 0 Å². The van der Waals surface area contributed by atoms with Crippen LogP contribution in [0.3, 0.4) is 0 Å². The number of rotatable bonds is 2. The van der Waals surface area contributed by atoms with Crippen molar-refractivity contribution in [3.63, 3.8) is 0 Å². The number of hydrogen-bond donors (Lipinski definition) is 0. The van der Waals surface area contributed by atoms with E-state index in [0.717, 1.165) is 0 Å². The second-order valence-electron chi connectivity index (χ2n) is 13.3. The van der Waals surface area contributed by atoms with E-state index in [1.54, 1.807) is 0 Å². The Balaban J connectivity index is 1.23. The molecule has 0 fully saturated rings. The molecule has 0 radical (unpaired) electrons. The molecule has 0 spiro atoms. The Hall–Kier alpha value is -5.46. The second-order valence-corrected chi connectivity index (χ2v) is 13.3. The highest BCUT2D eigenvalue weighted by molar-refractivity contribution is 6.25. The van der Waals surface area contributed by atoms with Crippen molar-refractivity contribution >= 4 is 53.9 Å². The van der Waals surface area contributed by atoms with Crippen molar-refractivity contribution in [3.8, 4) is 33.4 Å². The molecule has 0 unspecified atom stereocenters. The third kappa shape index (κ3) is 3.37. The number of fused-ring (bicyclic) bond motifs is 6. The average molecular weight is 571 g/mol. The third-order valence-corrected chi connectivity index (χ3v) is 10.5. The Bertz CT molecular complexity index is 2650. The molecule has 45 heavy (non-hydrogen) atoms. The predicted molar refractivity (Wildman–Crippen MR) is 194 cm³/mol. The zero-order chi connectivity index (χ0) is 29.9. The zero-order valence-electron chi connectivity index (χ0n) is 25.4. The maximum absolute atomic E-state index is 2.49. The predicted octanol–water partition coefficient (Wildman–Crippen LogP) is 12.5. The van der Waals surface area contributed by atoms with Crippen LogP contribution in [-0.2, 0) is 5.41 Å². The number of hydrogen-bond acceptors (Lipinski definition) is 0. The fraction of sp³-hybridized carbons (Fsp3) is 0.0667. The highest BCUT2D eigenvalue weighted by atomic mass is 14.4. The largest absolute Gasteiger partial charge is 0.0616 e. The summed E-state index contributed by atoms with van der Waals surface area (Å²) in [4.78, 5) is 0. The smallest absolute Gasteiger partial charge is 0.0165 e. The molecular formula is C45H30. The van der Waals surface area contributed by atoms with E-state index in [1.807, 2.05) is 0 Å². The lowest BCUT2D eigenvalue weighted by Gasteiger charge is -2.26. The van der Waals surface area contributed by atoms with Gasteiger partial charge in [-0.25, -0.2) is 0 Å². The van der Waals surface area contributed by atoms with Crippen LogP contribution >= 0.6 is 0 Å². The molecule has 9 aromatic carbocycles. The first-order valence-electron chi connectivity index (χ1n) is 15.9. The van der Waals surface area contributed by atoms with Crippen LogP contribution in [0.2, 0.25) is 0 Å². The summed E-state index contributed by atoms with van der Waals surface area (Å²) in [6.07, 6.45) is 0. The summed E-state index contributed by atoms with van der Waals surface area (Å²) in [6, 6.07) is 54.6. The van der Waals surface area contributed by atoms with Gasteiger partial charge in [-0.2, -0.15) is 0 Å². The summed E-state index contributed by atoms with van der Waals surface area (Å²) in [6.45, 7) is 4.84. The molecule has 0 aromatic heterocycles. The Labute approximate surface area is 262 Å². The van der Waals surface area contributed by atoms with Gasteiger partial charge in [0.1, 0.15) is 0 Å². The summed E-state index contributed by atoms with van der Waals surface area (Å²) in [7, 11) is 0. The van der Waals surface area contributed by atoms with Gasteiger partial charge in [-0.3, -0.25) is 0 Å². The van der Waals surface area contributed by atoms with Gasteiger partial charge in [0.25, 0.3) is 0 Å². The molecule has 0 N–H and O–H groups in total. The van der Waals surface area contributed by atoms with Gasteiger partial charge < -0.3 is 0 Å². The van der Waals surface area contributed by atoms with Gasteiger partial charge in [-0.1, -0.05) is 141 Å². The summed E-state index contributed by atoms with van der Waals surface area (Å²) >= 11 is 0. The molecule has 0 bridgehead atoms. The van der Waals surface area contributed by atoms with Gasteiger partial charge in [-0.05, 0) is 117 Å². The lowest BCUT2D eigenvalue weighted by Crippen LogP contribution is -2.16. The molecule has 0 saturated heterocycles. The molecule has 0 saturated carbocycles. The van der Waals surface area contributed by atoms with Crippen LogP contribution in [0.5, 0.6) is 0 Å². The number of benzene rings is 9. The minimum absolute atomic E-state index is 0.171. The first-order chi connectivity index (χ1) is 22.1. The Morgan fingerprint density at radius 1 is 0.378 bits per heavy atom. The maximum atomic E-state index is 2.49. The molecule has 0 nitrogen and oxygen atoms in total. The minimum atomic E-state index is -0.171. The molecular weight excluding hydrogens is 540 g/mol. The maximum Gasteiger partial charge on any atom is 0.0165 e. The van der Waals surface area contributed by atoms with Crippen molar-refractivity contribution in [2.45, 2.75) is 19.3 Å². The molecule has 0 aliphatic heterocycles. The van der Waals surface area contributed by atoms with Crippen molar-refractivity contribution in [1.29, 1.82) is 0 Å². The standard InChI is InChI=1S/C45H30/c1-45(2)40-26-34(35-21-18-30-16-15-28-11-7-12-29-19-22-37(35)42(30)41(28)29)20-23-38(40)43-36-13-6-5-10-32(36)25-39(44(43)45)33-17-14-27-8-3-4-9-31(27)24-33/h3-26H,1-2H3. The highest BCUT2D eigenvalue weighted by Crippen LogP contribution is 2.56. The zero-order valence-corrected chi connectivity index (χ0v) is 25.4. The van der Waals surface area contributed by atoms with E-state index in [9.17, 15) is 0 Å². The average Bonchev–Trinajstić information content (AvgIpc) is 3.33. The lowest BCUT2D eigenvalue weighted by atomic mass is 9.77. The van der Waals surface area contributed by atoms with Crippen LogP contribution in [0, 0.1) is 0 Å². The quantitative estimate of drug-likeness (QED) is 0.181. The van der Waals surface area contributed by atoms with Gasteiger partial charge in [-0.15, -0.1) is 0 Å². The molecule has 10 rings (SSSR count). The molecule has 210 valence electrons. The Morgan fingerprint density at radius 2 is 0.978 bits per heavy atom. The van der Waals surface area contributed by atoms with Crippen LogP contribution in [0.1, 0.15) is 25.0 Å². The first kappa shape index (κ1) is 24.9. The fourth-order valence-corrected chi connectivity index (χ4v) is 8.43. The summed E-state index contributed by atoms with van der Waals surface area (Å²) < 4.78 is 0. The van der Waals surface area contributed by atoms with Crippen molar-refractivity contribution < 1.29 is 0 Å². The van der Waals surface area contributed by atoms with Crippen molar-refractivity contribution in [2.24, 2.45) is 0 Å². The van der Waals surface area contributed by atoms with Crippen LogP contribution in [-0.4, -0.2) is 0 Å². The summed E-state index contributed by atoms with van der Waals surface area (Å²) in [5, 5.41) is 13.2. The van der Waals surface area contributed by atoms with Crippen LogP contribution in [0.4, 0.5) is 0 Å². The van der Waals surface area contributed by atoms with Gasteiger partial charge in [0.05, 0.1) is 0 Å². The van der Waals surface area contributed by atoms with E-state index in [1.165, 1.54) is 98.4 Å². The Morgan fingerprint density at radius 3 is 1.82 bits per heavy atom. The summed E-state index contributed by atoms with van der Waals surface area (Å²) in [5.74, 6) is 0. The first-order valence-corrected chi connectivity index (χ1v) is 15.9. The van der Waals surface area contributed by atoms with E-state index in [4.69, 9.17) is 0 Å². The third-order valence-electron chi connectivity index (χ3n) is 10.5. The van der Waals surface area contributed by atoms with Crippen molar-refractivity contribution in [3.05, 3.63) is 157 Å². The molecule has 0 atom stereocenters. The SMILES string of the molecule is CC1(C)c2cc(-c3ccc4ccc5cccc6ccc3c4c56)ccc2-c2c1c(-c1ccc3ccccc3c1)cc1ccccc21. The Kier molecular flexibility index (Phi) is 4.88. The molecule has 1 aliphatic carbocycles.